The predicted molar refractivity (Wildman–Crippen MR) is 78.4 cm³/mol. The summed E-state index contributed by atoms with van der Waals surface area (Å²) < 4.78 is 40.8. The van der Waals surface area contributed by atoms with Crippen LogP contribution in [0.5, 0.6) is 0 Å². The van der Waals surface area contributed by atoms with Crippen LogP contribution in [0.4, 0.5) is 4.39 Å². The Morgan fingerprint density at radius 1 is 1.24 bits per heavy atom. The fourth-order valence-corrected chi connectivity index (χ4v) is 4.05. The molecule has 1 aromatic carbocycles. The molecule has 2 saturated carbocycles. The Bertz CT molecular complexity index is 613. The van der Waals surface area contributed by atoms with Gasteiger partial charge in [0.15, 0.2) is 0 Å². The van der Waals surface area contributed by atoms with Crippen LogP contribution in [0.3, 0.4) is 0 Å². The Morgan fingerprint density at radius 2 is 1.86 bits per heavy atom. The average Bonchev–Trinajstić information content (AvgIpc) is 3.33. The summed E-state index contributed by atoms with van der Waals surface area (Å²) in [4.78, 5) is 0.0923. The SMILES string of the molecule is NCc1cc(S(=O)(=O)NCC(C2CC2)C2CC2)ccc1F. The molecule has 0 heterocycles. The second-order valence-electron chi connectivity index (χ2n) is 6.15. The summed E-state index contributed by atoms with van der Waals surface area (Å²) in [6, 6.07) is 3.77. The molecule has 0 atom stereocenters. The molecule has 2 fully saturated rings. The van der Waals surface area contributed by atoms with Crippen LogP contribution in [0.2, 0.25) is 0 Å². The van der Waals surface area contributed by atoms with E-state index in [0.717, 1.165) is 6.07 Å². The Balaban J connectivity index is 1.70. The average molecular weight is 312 g/mol. The minimum atomic E-state index is -3.59. The number of nitrogens with one attached hydrogen (secondary N) is 1. The van der Waals surface area contributed by atoms with Crippen LogP contribution in [0.1, 0.15) is 31.2 Å². The van der Waals surface area contributed by atoms with Crippen molar-refractivity contribution in [2.75, 3.05) is 6.54 Å². The first kappa shape index (κ1) is 14.9. The highest BCUT2D eigenvalue weighted by Crippen LogP contribution is 2.48. The van der Waals surface area contributed by atoms with E-state index in [9.17, 15) is 12.8 Å². The molecule has 2 aliphatic carbocycles. The standard InChI is InChI=1S/C15H21FN2O2S/c16-15-6-5-13(7-12(15)8-17)21(19,20)18-9-14(10-1-2-10)11-3-4-11/h5-7,10-11,14,18H,1-4,8-9,17H2. The number of benzene rings is 1. The van der Waals surface area contributed by atoms with Gasteiger partial charge in [-0.2, -0.15) is 0 Å². The first-order chi connectivity index (χ1) is 10.0. The van der Waals surface area contributed by atoms with Crippen molar-refractivity contribution in [2.45, 2.75) is 37.1 Å². The lowest BCUT2D eigenvalue weighted by Gasteiger charge is -2.16. The van der Waals surface area contributed by atoms with Gasteiger partial charge in [0.05, 0.1) is 4.90 Å². The maximum Gasteiger partial charge on any atom is 0.240 e. The van der Waals surface area contributed by atoms with Crippen molar-refractivity contribution in [3.63, 3.8) is 0 Å². The van der Waals surface area contributed by atoms with Gasteiger partial charge in [-0.1, -0.05) is 0 Å². The number of hydrogen-bond donors (Lipinski definition) is 2. The van der Waals surface area contributed by atoms with E-state index in [4.69, 9.17) is 5.73 Å². The second kappa shape index (κ2) is 5.66. The first-order valence-electron chi connectivity index (χ1n) is 7.49. The van der Waals surface area contributed by atoms with Gasteiger partial charge in [-0.3, -0.25) is 0 Å². The number of halogens is 1. The van der Waals surface area contributed by atoms with Crippen LogP contribution in [0, 0.1) is 23.6 Å². The zero-order chi connectivity index (χ0) is 15.0. The van der Waals surface area contributed by atoms with Gasteiger partial charge in [0.25, 0.3) is 0 Å². The molecule has 21 heavy (non-hydrogen) atoms. The smallest absolute Gasteiger partial charge is 0.240 e. The van der Waals surface area contributed by atoms with Gasteiger partial charge < -0.3 is 5.73 Å². The van der Waals surface area contributed by atoms with Gasteiger partial charge in [-0.05, 0) is 61.6 Å². The molecule has 0 unspecified atom stereocenters. The molecule has 6 heteroatoms. The molecule has 4 nitrogen and oxygen atoms in total. The molecule has 0 amide bonds. The largest absolute Gasteiger partial charge is 0.326 e. The number of hydrogen-bond acceptors (Lipinski definition) is 3. The van der Waals surface area contributed by atoms with E-state index < -0.39 is 15.8 Å². The molecule has 0 spiro atoms. The highest BCUT2D eigenvalue weighted by Gasteiger charge is 2.41. The molecule has 0 aromatic heterocycles. The lowest BCUT2D eigenvalue weighted by molar-refractivity contribution is 0.401. The van der Waals surface area contributed by atoms with Gasteiger partial charge in [-0.15, -0.1) is 0 Å². The fourth-order valence-electron chi connectivity index (χ4n) is 2.93. The summed E-state index contributed by atoms with van der Waals surface area (Å²) in [5.41, 5.74) is 5.65. The Hall–Kier alpha value is -0.980. The van der Waals surface area contributed by atoms with Crippen LogP contribution in [-0.2, 0) is 16.6 Å². The van der Waals surface area contributed by atoms with E-state index in [2.05, 4.69) is 4.72 Å². The molecule has 2 aliphatic rings. The van der Waals surface area contributed by atoms with Crippen molar-refractivity contribution in [2.24, 2.45) is 23.5 Å². The minimum Gasteiger partial charge on any atom is -0.326 e. The summed E-state index contributed by atoms with van der Waals surface area (Å²) in [6.45, 7) is 0.481. The number of rotatable bonds is 7. The summed E-state index contributed by atoms with van der Waals surface area (Å²) in [6.07, 6.45) is 4.88. The molecule has 116 valence electrons. The van der Waals surface area contributed by atoms with Crippen molar-refractivity contribution in [1.29, 1.82) is 0 Å². The molecule has 0 bridgehead atoms. The van der Waals surface area contributed by atoms with Crippen LogP contribution >= 0.6 is 0 Å². The van der Waals surface area contributed by atoms with E-state index in [1.54, 1.807) is 0 Å². The van der Waals surface area contributed by atoms with Crippen LogP contribution in [0.15, 0.2) is 23.1 Å². The Kier molecular flexibility index (Phi) is 4.03. The first-order valence-corrected chi connectivity index (χ1v) is 8.98. The molecule has 0 radical (unpaired) electrons. The van der Waals surface area contributed by atoms with Crippen LogP contribution in [-0.4, -0.2) is 15.0 Å². The van der Waals surface area contributed by atoms with Gasteiger partial charge in [0, 0.05) is 18.7 Å². The topological polar surface area (TPSA) is 72.2 Å². The lowest BCUT2D eigenvalue weighted by atomic mass is 9.99. The highest BCUT2D eigenvalue weighted by molar-refractivity contribution is 7.89. The predicted octanol–water partition coefficient (Wildman–Crippen LogP) is 2.00. The summed E-state index contributed by atoms with van der Waals surface area (Å²) in [5.74, 6) is 1.38. The van der Waals surface area contributed by atoms with E-state index in [-0.39, 0.29) is 17.0 Å². The lowest BCUT2D eigenvalue weighted by Crippen LogP contribution is -2.31. The van der Waals surface area contributed by atoms with Gasteiger partial charge >= 0.3 is 0 Å². The maximum atomic E-state index is 13.4. The van der Waals surface area contributed by atoms with Gasteiger partial charge in [-0.25, -0.2) is 17.5 Å². The fraction of sp³-hybridized carbons (Fsp3) is 0.600. The molecule has 3 N–H and O–H groups in total. The second-order valence-corrected chi connectivity index (χ2v) is 7.91. The normalized spacial score (nSPS) is 19.2. The van der Waals surface area contributed by atoms with E-state index >= 15 is 0 Å². The van der Waals surface area contributed by atoms with E-state index in [1.807, 2.05) is 0 Å². The summed E-state index contributed by atoms with van der Waals surface area (Å²) in [7, 11) is -3.59. The van der Waals surface area contributed by atoms with Gasteiger partial charge in [0.2, 0.25) is 10.0 Å². The monoisotopic (exact) mass is 312 g/mol. The summed E-state index contributed by atoms with van der Waals surface area (Å²) >= 11 is 0. The van der Waals surface area contributed by atoms with Crippen LogP contribution < -0.4 is 10.5 Å². The quantitative estimate of drug-likeness (QED) is 0.809. The number of sulfonamides is 1. The molecule has 0 aliphatic heterocycles. The molecular formula is C15H21FN2O2S. The van der Waals surface area contributed by atoms with Crippen molar-refractivity contribution < 1.29 is 12.8 Å². The molecule has 1 aromatic rings. The zero-order valence-electron chi connectivity index (χ0n) is 11.9. The third kappa shape index (κ3) is 3.44. The zero-order valence-corrected chi connectivity index (χ0v) is 12.7. The van der Waals surface area contributed by atoms with Gasteiger partial charge in [0.1, 0.15) is 5.82 Å². The van der Waals surface area contributed by atoms with Crippen LogP contribution in [0.25, 0.3) is 0 Å². The maximum absolute atomic E-state index is 13.4. The van der Waals surface area contributed by atoms with Crippen molar-refractivity contribution in [3.05, 3.63) is 29.6 Å². The molecule has 3 rings (SSSR count). The molecule has 0 saturated heterocycles. The van der Waals surface area contributed by atoms with Crippen molar-refractivity contribution >= 4 is 10.0 Å². The molecular weight excluding hydrogens is 291 g/mol. The Labute approximate surface area is 125 Å². The number of nitrogens with two attached hydrogens (primary N) is 1. The third-order valence-corrected chi connectivity index (χ3v) is 5.93. The van der Waals surface area contributed by atoms with E-state index in [1.165, 1.54) is 37.8 Å². The summed E-state index contributed by atoms with van der Waals surface area (Å²) in [5, 5.41) is 0. The third-order valence-electron chi connectivity index (χ3n) is 4.51. The van der Waals surface area contributed by atoms with E-state index in [0.29, 0.717) is 24.3 Å². The highest BCUT2D eigenvalue weighted by atomic mass is 32.2. The van der Waals surface area contributed by atoms with Crippen molar-refractivity contribution in [1.82, 2.24) is 4.72 Å². The minimum absolute atomic E-state index is 0.0119. The van der Waals surface area contributed by atoms with Crippen molar-refractivity contribution in [3.8, 4) is 0 Å². The Morgan fingerprint density at radius 3 is 2.38 bits per heavy atom.